The summed E-state index contributed by atoms with van der Waals surface area (Å²) in [4.78, 5) is 0. The van der Waals surface area contributed by atoms with Gasteiger partial charge < -0.3 is 9.30 Å². The minimum Gasteiger partial charge on any atom is -0.378 e. The van der Waals surface area contributed by atoms with Crippen molar-refractivity contribution in [3.05, 3.63) is 52.8 Å². The minimum absolute atomic E-state index is 0.764. The number of benzene rings is 1. The van der Waals surface area contributed by atoms with E-state index >= 15 is 0 Å². The standard InChI is InChI=1S/C18H23N3O/c1-14-4-6-18(7-5-14)21-15(2)12-17(16(21)3)13-19-20-8-10-22-11-9-20/h4-7,12-13H,8-11H2,1-3H3/b19-13+. The van der Waals surface area contributed by atoms with E-state index < -0.39 is 0 Å². The quantitative estimate of drug-likeness (QED) is 0.815. The molecule has 0 N–H and O–H groups in total. The average Bonchev–Trinajstić information content (AvgIpc) is 2.82. The van der Waals surface area contributed by atoms with Crippen LogP contribution in [0.2, 0.25) is 0 Å². The van der Waals surface area contributed by atoms with Crippen LogP contribution in [0.5, 0.6) is 0 Å². The van der Waals surface area contributed by atoms with E-state index in [2.05, 4.69) is 65.8 Å². The summed E-state index contributed by atoms with van der Waals surface area (Å²) in [5.41, 5.74) is 6.10. The van der Waals surface area contributed by atoms with Gasteiger partial charge in [-0.2, -0.15) is 5.10 Å². The van der Waals surface area contributed by atoms with Crippen molar-refractivity contribution in [2.75, 3.05) is 26.3 Å². The van der Waals surface area contributed by atoms with E-state index in [9.17, 15) is 0 Å². The van der Waals surface area contributed by atoms with Crippen molar-refractivity contribution in [3.8, 4) is 5.69 Å². The molecule has 22 heavy (non-hydrogen) atoms. The number of hydrazone groups is 1. The topological polar surface area (TPSA) is 29.8 Å². The number of aryl methyl sites for hydroxylation is 2. The van der Waals surface area contributed by atoms with E-state index in [0.29, 0.717) is 0 Å². The normalized spacial score (nSPS) is 15.7. The summed E-state index contributed by atoms with van der Waals surface area (Å²) in [6.45, 7) is 9.66. The molecular weight excluding hydrogens is 274 g/mol. The summed E-state index contributed by atoms with van der Waals surface area (Å²) in [6, 6.07) is 10.8. The second-order valence-electron chi connectivity index (χ2n) is 5.81. The number of aromatic nitrogens is 1. The number of hydrogen-bond acceptors (Lipinski definition) is 3. The van der Waals surface area contributed by atoms with Crippen LogP contribution in [-0.4, -0.2) is 42.1 Å². The number of rotatable bonds is 3. The summed E-state index contributed by atoms with van der Waals surface area (Å²) in [5.74, 6) is 0. The predicted molar refractivity (Wildman–Crippen MR) is 90.0 cm³/mol. The average molecular weight is 297 g/mol. The Labute approximate surface area is 132 Å². The van der Waals surface area contributed by atoms with Crippen molar-refractivity contribution in [2.24, 2.45) is 5.10 Å². The number of ether oxygens (including phenoxy) is 1. The number of nitrogens with zero attached hydrogens (tertiary/aromatic N) is 3. The molecule has 1 aromatic carbocycles. The zero-order valence-electron chi connectivity index (χ0n) is 13.5. The van der Waals surface area contributed by atoms with Crippen LogP contribution in [0.15, 0.2) is 35.4 Å². The second-order valence-corrected chi connectivity index (χ2v) is 5.81. The highest BCUT2D eigenvalue weighted by Crippen LogP contribution is 2.20. The summed E-state index contributed by atoms with van der Waals surface area (Å²) in [5, 5.41) is 6.66. The Kier molecular flexibility index (Phi) is 4.29. The molecule has 1 aliphatic heterocycles. The molecule has 0 aliphatic carbocycles. The molecule has 116 valence electrons. The van der Waals surface area contributed by atoms with Crippen molar-refractivity contribution < 1.29 is 4.74 Å². The van der Waals surface area contributed by atoms with Crippen LogP contribution in [-0.2, 0) is 4.74 Å². The van der Waals surface area contributed by atoms with Gasteiger partial charge in [0, 0.05) is 22.6 Å². The first kappa shape index (κ1) is 14.9. The van der Waals surface area contributed by atoms with E-state index in [4.69, 9.17) is 4.74 Å². The monoisotopic (exact) mass is 297 g/mol. The molecule has 2 aromatic rings. The van der Waals surface area contributed by atoms with Gasteiger partial charge in [-0.3, -0.25) is 5.01 Å². The zero-order valence-corrected chi connectivity index (χ0v) is 13.5. The van der Waals surface area contributed by atoms with Gasteiger partial charge >= 0.3 is 0 Å². The van der Waals surface area contributed by atoms with Crippen molar-refractivity contribution in [1.29, 1.82) is 0 Å². The Bertz CT molecular complexity index is 664. The fourth-order valence-electron chi connectivity index (χ4n) is 2.82. The van der Waals surface area contributed by atoms with E-state index in [0.717, 1.165) is 26.3 Å². The van der Waals surface area contributed by atoms with Gasteiger partial charge in [-0.15, -0.1) is 0 Å². The summed E-state index contributed by atoms with van der Waals surface area (Å²) in [6.07, 6.45) is 1.97. The third kappa shape index (κ3) is 3.07. The highest BCUT2D eigenvalue weighted by molar-refractivity contribution is 5.82. The Morgan fingerprint density at radius 3 is 2.41 bits per heavy atom. The van der Waals surface area contributed by atoms with Crippen LogP contribution >= 0.6 is 0 Å². The smallest absolute Gasteiger partial charge is 0.0659 e. The highest BCUT2D eigenvalue weighted by atomic mass is 16.5. The molecule has 1 fully saturated rings. The molecular formula is C18H23N3O. The highest BCUT2D eigenvalue weighted by Gasteiger charge is 2.11. The van der Waals surface area contributed by atoms with Gasteiger partial charge in [0.15, 0.2) is 0 Å². The van der Waals surface area contributed by atoms with E-state index in [1.54, 1.807) is 0 Å². The van der Waals surface area contributed by atoms with Gasteiger partial charge in [0.1, 0.15) is 0 Å². The summed E-state index contributed by atoms with van der Waals surface area (Å²) < 4.78 is 7.62. The van der Waals surface area contributed by atoms with Crippen LogP contribution in [0, 0.1) is 20.8 Å². The summed E-state index contributed by atoms with van der Waals surface area (Å²) >= 11 is 0. The van der Waals surface area contributed by atoms with E-state index in [-0.39, 0.29) is 0 Å². The lowest BCUT2D eigenvalue weighted by Crippen LogP contribution is -2.32. The van der Waals surface area contributed by atoms with Gasteiger partial charge in [-0.25, -0.2) is 0 Å². The Morgan fingerprint density at radius 1 is 1.05 bits per heavy atom. The van der Waals surface area contributed by atoms with Crippen molar-refractivity contribution >= 4 is 6.21 Å². The van der Waals surface area contributed by atoms with Crippen LogP contribution in [0.3, 0.4) is 0 Å². The second kappa shape index (κ2) is 6.36. The van der Waals surface area contributed by atoms with Crippen molar-refractivity contribution in [1.82, 2.24) is 9.58 Å². The Morgan fingerprint density at radius 2 is 1.73 bits per heavy atom. The van der Waals surface area contributed by atoms with Gasteiger partial charge in [0.25, 0.3) is 0 Å². The van der Waals surface area contributed by atoms with Crippen LogP contribution in [0.1, 0.15) is 22.5 Å². The van der Waals surface area contributed by atoms with Gasteiger partial charge in [0.2, 0.25) is 0 Å². The maximum absolute atomic E-state index is 5.35. The van der Waals surface area contributed by atoms with Crippen LogP contribution in [0.25, 0.3) is 5.69 Å². The molecule has 1 aromatic heterocycles. The molecule has 1 aliphatic rings. The molecule has 0 amide bonds. The van der Waals surface area contributed by atoms with Gasteiger partial charge in [0.05, 0.1) is 32.5 Å². The van der Waals surface area contributed by atoms with Crippen molar-refractivity contribution in [3.63, 3.8) is 0 Å². The maximum atomic E-state index is 5.35. The third-order valence-corrected chi connectivity index (χ3v) is 4.11. The van der Waals surface area contributed by atoms with E-state index in [1.807, 2.05) is 6.21 Å². The molecule has 2 heterocycles. The predicted octanol–water partition coefficient (Wildman–Crippen LogP) is 3.07. The van der Waals surface area contributed by atoms with Crippen LogP contribution in [0.4, 0.5) is 0 Å². The molecule has 0 unspecified atom stereocenters. The Balaban J connectivity index is 1.86. The fraction of sp³-hybridized carbons (Fsp3) is 0.389. The van der Waals surface area contributed by atoms with Gasteiger partial charge in [-0.05, 0) is 39.0 Å². The van der Waals surface area contributed by atoms with Crippen LogP contribution < -0.4 is 0 Å². The zero-order chi connectivity index (χ0) is 15.5. The molecule has 0 saturated carbocycles. The first-order valence-electron chi connectivity index (χ1n) is 7.78. The lowest BCUT2D eigenvalue weighted by Gasteiger charge is -2.23. The fourth-order valence-corrected chi connectivity index (χ4v) is 2.82. The Hall–Kier alpha value is -2.07. The number of hydrogen-bond donors (Lipinski definition) is 0. The van der Waals surface area contributed by atoms with Crippen molar-refractivity contribution in [2.45, 2.75) is 20.8 Å². The molecule has 3 rings (SSSR count). The first-order valence-corrected chi connectivity index (χ1v) is 7.78. The lowest BCUT2D eigenvalue weighted by molar-refractivity contribution is 0.0397. The largest absolute Gasteiger partial charge is 0.378 e. The molecule has 4 heteroatoms. The molecule has 1 saturated heterocycles. The SMILES string of the molecule is Cc1ccc(-n2c(C)cc(/C=N/N3CCOCC3)c2C)cc1. The maximum Gasteiger partial charge on any atom is 0.0659 e. The van der Waals surface area contributed by atoms with Gasteiger partial charge in [-0.1, -0.05) is 17.7 Å². The molecule has 0 radical (unpaired) electrons. The molecule has 0 bridgehead atoms. The number of morpholine rings is 1. The first-order chi connectivity index (χ1) is 10.6. The lowest BCUT2D eigenvalue weighted by atomic mass is 10.2. The minimum atomic E-state index is 0.764. The molecule has 0 atom stereocenters. The summed E-state index contributed by atoms with van der Waals surface area (Å²) in [7, 11) is 0. The molecule has 4 nitrogen and oxygen atoms in total. The molecule has 0 spiro atoms. The van der Waals surface area contributed by atoms with E-state index in [1.165, 1.54) is 28.2 Å². The third-order valence-electron chi connectivity index (χ3n) is 4.11.